The van der Waals surface area contributed by atoms with Crippen LogP contribution in [0.25, 0.3) is 0 Å². The molecule has 2 nitrogen and oxygen atoms in total. The number of benzene rings is 1. The van der Waals surface area contributed by atoms with E-state index in [1.165, 1.54) is 76.9 Å². The second-order valence-electron chi connectivity index (χ2n) is 9.26. The predicted molar refractivity (Wildman–Crippen MR) is 121 cm³/mol. The molecule has 3 atom stereocenters. The first-order valence-corrected chi connectivity index (χ1v) is 10.7. The van der Waals surface area contributed by atoms with Gasteiger partial charge in [-0.1, -0.05) is 38.1 Å². The lowest BCUT2D eigenvalue weighted by atomic mass is 9.86. The summed E-state index contributed by atoms with van der Waals surface area (Å²) in [6.07, 6.45) is 6.88. The van der Waals surface area contributed by atoms with E-state index >= 15 is 0 Å². The molecule has 1 aromatic carbocycles. The summed E-state index contributed by atoms with van der Waals surface area (Å²) in [4.78, 5) is 5.36. The Morgan fingerprint density at radius 2 is 1.63 bits per heavy atom. The fourth-order valence-corrected chi connectivity index (χ4v) is 5.66. The van der Waals surface area contributed by atoms with Gasteiger partial charge in [-0.15, -0.1) is 24.8 Å². The fourth-order valence-electron chi connectivity index (χ4n) is 5.66. The van der Waals surface area contributed by atoms with Gasteiger partial charge in [0.1, 0.15) is 0 Å². The maximum Gasteiger partial charge on any atom is 0.00218 e. The lowest BCUT2D eigenvalue weighted by Crippen LogP contribution is -2.26. The minimum absolute atomic E-state index is 0. The zero-order valence-electron chi connectivity index (χ0n) is 17.1. The number of hydrogen-bond donors (Lipinski definition) is 0. The van der Waals surface area contributed by atoms with Crippen molar-refractivity contribution in [3.05, 3.63) is 35.4 Å². The van der Waals surface area contributed by atoms with Crippen LogP contribution in [0.1, 0.15) is 56.6 Å². The number of halogens is 2. The van der Waals surface area contributed by atoms with Crippen molar-refractivity contribution in [1.82, 2.24) is 9.80 Å². The molecule has 3 unspecified atom stereocenters. The number of nitrogens with zero attached hydrogens (tertiary/aromatic N) is 2. The third-order valence-corrected chi connectivity index (χ3v) is 6.88. The molecule has 0 amide bonds. The van der Waals surface area contributed by atoms with Gasteiger partial charge in [-0.25, -0.2) is 0 Å². The minimum Gasteiger partial charge on any atom is -0.303 e. The first kappa shape index (κ1) is 23.0. The lowest BCUT2D eigenvalue weighted by molar-refractivity contribution is 0.272. The maximum atomic E-state index is 2.73. The highest BCUT2D eigenvalue weighted by Crippen LogP contribution is 2.47. The van der Waals surface area contributed by atoms with E-state index in [-0.39, 0.29) is 24.8 Å². The van der Waals surface area contributed by atoms with Gasteiger partial charge in [0.05, 0.1) is 0 Å². The van der Waals surface area contributed by atoms with E-state index in [1.807, 2.05) is 0 Å². The molecule has 3 aliphatic rings. The average molecular weight is 413 g/mol. The van der Waals surface area contributed by atoms with Crippen LogP contribution in [-0.2, 0) is 6.42 Å². The highest BCUT2D eigenvalue weighted by Gasteiger charge is 2.42. The number of hydrogen-bond acceptors (Lipinski definition) is 2. The fraction of sp³-hybridized carbons (Fsp3) is 0.739. The molecule has 1 aliphatic carbocycles. The summed E-state index contributed by atoms with van der Waals surface area (Å²) in [6, 6.07) is 9.74. The van der Waals surface area contributed by atoms with Crippen molar-refractivity contribution < 1.29 is 0 Å². The number of fused-ring (bicyclic) bond motifs is 1. The van der Waals surface area contributed by atoms with Crippen LogP contribution in [0.4, 0.5) is 0 Å². The molecule has 27 heavy (non-hydrogen) atoms. The van der Waals surface area contributed by atoms with Gasteiger partial charge in [-0.05, 0) is 80.0 Å². The average Bonchev–Trinajstić information content (AvgIpc) is 3.30. The summed E-state index contributed by atoms with van der Waals surface area (Å²) in [5.74, 6) is 3.48. The van der Waals surface area contributed by atoms with Crippen LogP contribution in [0.15, 0.2) is 24.3 Å². The van der Waals surface area contributed by atoms with E-state index in [0.717, 1.165) is 23.7 Å². The Bertz CT molecular complexity index is 554. The largest absolute Gasteiger partial charge is 0.303 e. The monoisotopic (exact) mass is 412 g/mol. The summed E-state index contributed by atoms with van der Waals surface area (Å²) in [6.45, 7) is 12.6. The van der Waals surface area contributed by atoms with Crippen molar-refractivity contribution in [1.29, 1.82) is 0 Å². The van der Waals surface area contributed by atoms with Gasteiger partial charge in [0.2, 0.25) is 0 Å². The molecule has 4 heteroatoms. The van der Waals surface area contributed by atoms with Crippen LogP contribution in [0, 0.1) is 17.8 Å². The molecule has 3 fully saturated rings. The van der Waals surface area contributed by atoms with Crippen molar-refractivity contribution >= 4 is 24.8 Å². The van der Waals surface area contributed by atoms with Crippen LogP contribution in [0.3, 0.4) is 0 Å². The van der Waals surface area contributed by atoms with Crippen LogP contribution in [0.5, 0.6) is 0 Å². The zero-order valence-corrected chi connectivity index (χ0v) is 18.7. The zero-order chi connectivity index (χ0) is 17.2. The second-order valence-corrected chi connectivity index (χ2v) is 9.26. The summed E-state index contributed by atoms with van der Waals surface area (Å²) in [5, 5.41) is 0. The van der Waals surface area contributed by atoms with Gasteiger partial charge in [-0.3, -0.25) is 0 Å². The summed E-state index contributed by atoms with van der Waals surface area (Å²) in [5.41, 5.74) is 3.14. The first-order valence-electron chi connectivity index (χ1n) is 10.7. The Hall–Kier alpha value is -0.280. The summed E-state index contributed by atoms with van der Waals surface area (Å²) >= 11 is 0. The van der Waals surface area contributed by atoms with E-state index in [9.17, 15) is 0 Å². The predicted octanol–water partition coefficient (Wildman–Crippen LogP) is 5.25. The van der Waals surface area contributed by atoms with E-state index in [2.05, 4.69) is 47.9 Å². The number of likely N-dealkylation sites (tertiary alicyclic amines) is 2. The normalized spacial score (nSPS) is 28.2. The molecule has 4 rings (SSSR count). The van der Waals surface area contributed by atoms with Crippen molar-refractivity contribution in [3.63, 3.8) is 0 Å². The maximum absolute atomic E-state index is 2.73. The van der Waals surface area contributed by atoms with Gasteiger partial charge in [0.25, 0.3) is 0 Å². The van der Waals surface area contributed by atoms with Gasteiger partial charge in [-0.2, -0.15) is 0 Å². The van der Waals surface area contributed by atoms with Gasteiger partial charge in [0, 0.05) is 26.2 Å². The Labute approximate surface area is 178 Å². The molecule has 1 saturated carbocycles. The van der Waals surface area contributed by atoms with E-state index in [4.69, 9.17) is 0 Å². The van der Waals surface area contributed by atoms with Crippen LogP contribution >= 0.6 is 24.8 Å². The Morgan fingerprint density at radius 3 is 2.30 bits per heavy atom. The molecule has 1 aromatic rings. The molecule has 2 heterocycles. The molecule has 0 radical (unpaired) electrons. The SMILES string of the molecule is CC(C)CN1CC2CCC(c3ccc(CCN4CCCC4)cc3)C2C1.Cl.Cl. The molecule has 0 bridgehead atoms. The van der Waals surface area contributed by atoms with E-state index < -0.39 is 0 Å². The second kappa shape index (κ2) is 10.5. The van der Waals surface area contributed by atoms with Gasteiger partial charge >= 0.3 is 0 Å². The molecule has 2 saturated heterocycles. The molecule has 0 aromatic heterocycles. The van der Waals surface area contributed by atoms with E-state index in [0.29, 0.717) is 0 Å². The molecule has 2 aliphatic heterocycles. The van der Waals surface area contributed by atoms with Crippen LogP contribution in [-0.4, -0.2) is 49.1 Å². The minimum atomic E-state index is 0. The third kappa shape index (κ3) is 5.63. The van der Waals surface area contributed by atoms with Gasteiger partial charge in [0.15, 0.2) is 0 Å². The van der Waals surface area contributed by atoms with Crippen molar-refractivity contribution in [2.24, 2.45) is 17.8 Å². The van der Waals surface area contributed by atoms with Crippen molar-refractivity contribution in [2.75, 3.05) is 39.3 Å². The first-order chi connectivity index (χ1) is 12.2. The molecular formula is C23H38Cl2N2. The lowest BCUT2D eigenvalue weighted by Gasteiger charge is -2.22. The standard InChI is InChI=1S/C23H36N2.2ClH/c1-18(2)15-25-16-21-9-10-22(23(21)17-25)20-7-5-19(6-8-20)11-14-24-12-3-4-13-24;;/h5-8,18,21-23H,3-4,9-17H2,1-2H3;2*1H. The molecular weight excluding hydrogens is 375 g/mol. The third-order valence-electron chi connectivity index (χ3n) is 6.88. The molecule has 154 valence electrons. The molecule has 0 N–H and O–H groups in total. The van der Waals surface area contributed by atoms with Crippen molar-refractivity contribution in [3.8, 4) is 0 Å². The number of rotatable bonds is 6. The summed E-state index contributed by atoms with van der Waals surface area (Å²) in [7, 11) is 0. The highest BCUT2D eigenvalue weighted by atomic mass is 35.5. The van der Waals surface area contributed by atoms with E-state index in [1.54, 1.807) is 5.56 Å². The van der Waals surface area contributed by atoms with Crippen LogP contribution < -0.4 is 0 Å². The van der Waals surface area contributed by atoms with Crippen molar-refractivity contribution in [2.45, 2.75) is 51.9 Å². The quantitative estimate of drug-likeness (QED) is 0.629. The topological polar surface area (TPSA) is 6.48 Å². The van der Waals surface area contributed by atoms with Gasteiger partial charge < -0.3 is 9.80 Å². The Morgan fingerprint density at radius 1 is 0.926 bits per heavy atom. The molecule has 0 spiro atoms. The Kier molecular flexibility index (Phi) is 8.93. The van der Waals surface area contributed by atoms with Crippen LogP contribution in [0.2, 0.25) is 0 Å². The smallest absolute Gasteiger partial charge is 0.00218 e. The Balaban J connectivity index is 0.00000131. The summed E-state index contributed by atoms with van der Waals surface area (Å²) < 4.78 is 0. The highest BCUT2D eigenvalue weighted by molar-refractivity contribution is 5.85.